The average molecular weight is 241 g/mol. The number of carbonyl (C=O) groups excluding carboxylic acids is 1. The first-order chi connectivity index (χ1) is 7.50. The number of methoxy groups -OCH3 is 1. The van der Waals surface area contributed by atoms with Crippen LogP contribution in [0.2, 0.25) is 0 Å². The van der Waals surface area contributed by atoms with Crippen LogP contribution >= 0.6 is 11.8 Å². The van der Waals surface area contributed by atoms with E-state index in [1.54, 1.807) is 30.3 Å². The zero-order chi connectivity index (χ0) is 12.2. The molecule has 1 rings (SSSR count). The Morgan fingerprint density at radius 2 is 2.00 bits per heavy atom. The van der Waals surface area contributed by atoms with Crippen molar-refractivity contribution in [3.63, 3.8) is 0 Å². The molecule has 0 aliphatic rings. The fourth-order valence-corrected chi connectivity index (χ4v) is 2.05. The molecule has 0 saturated heterocycles. The Kier molecular flexibility index (Phi) is 3.89. The van der Waals surface area contributed by atoms with E-state index in [1.165, 1.54) is 6.92 Å². The number of hydrogen-bond acceptors (Lipinski definition) is 5. The normalized spacial score (nSPS) is 13.9. The van der Waals surface area contributed by atoms with Crippen molar-refractivity contribution in [3.8, 4) is 0 Å². The molecule has 16 heavy (non-hydrogen) atoms. The third-order valence-corrected chi connectivity index (χ3v) is 3.19. The Morgan fingerprint density at radius 1 is 1.44 bits per heavy atom. The highest BCUT2D eigenvalue weighted by atomic mass is 32.2. The van der Waals surface area contributed by atoms with E-state index >= 15 is 0 Å². The fourth-order valence-electron chi connectivity index (χ4n) is 1.06. The van der Waals surface area contributed by atoms with Gasteiger partial charge in [-0.1, -0.05) is 18.2 Å². The predicted octanol–water partition coefficient (Wildman–Crippen LogP) is 1.94. The van der Waals surface area contributed by atoms with Crippen LogP contribution < -0.4 is 0 Å². The van der Waals surface area contributed by atoms with Crippen LogP contribution in [-0.4, -0.2) is 22.9 Å². The van der Waals surface area contributed by atoms with E-state index in [0.717, 1.165) is 18.9 Å². The molecule has 0 heterocycles. The van der Waals surface area contributed by atoms with Crippen molar-refractivity contribution in [2.75, 3.05) is 7.11 Å². The lowest BCUT2D eigenvalue weighted by atomic mass is 10.3. The molecule has 0 N–H and O–H groups in total. The van der Waals surface area contributed by atoms with E-state index in [1.807, 2.05) is 0 Å². The Balaban J connectivity index is 2.97. The minimum absolute atomic E-state index is 0.642. The van der Waals surface area contributed by atoms with Crippen LogP contribution in [0.1, 0.15) is 6.92 Å². The zero-order valence-corrected chi connectivity index (χ0v) is 9.69. The molecule has 6 heteroatoms. The van der Waals surface area contributed by atoms with Gasteiger partial charge in [0, 0.05) is 16.7 Å². The minimum Gasteiger partial charge on any atom is -0.463 e. The lowest BCUT2D eigenvalue weighted by molar-refractivity contribution is -0.520. The first-order valence-corrected chi connectivity index (χ1v) is 5.29. The molecule has 0 aromatic heterocycles. The van der Waals surface area contributed by atoms with Gasteiger partial charge in [-0.2, -0.15) is 0 Å². The van der Waals surface area contributed by atoms with Crippen LogP contribution in [0.4, 0.5) is 0 Å². The summed E-state index contributed by atoms with van der Waals surface area (Å²) in [4.78, 5) is 20.5. The van der Waals surface area contributed by atoms with Gasteiger partial charge in [0.25, 0.3) is 0 Å². The van der Waals surface area contributed by atoms with Gasteiger partial charge >= 0.3 is 10.8 Å². The molecule has 1 aromatic carbocycles. The second kappa shape index (κ2) is 4.98. The highest BCUT2D eigenvalue weighted by molar-refractivity contribution is 8.01. The van der Waals surface area contributed by atoms with Crippen LogP contribution in [0, 0.1) is 10.1 Å². The second-order valence-corrected chi connectivity index (χ2v) is 4.62. The van der Waals surface area contributed by atoms with E-state index < -0.39 is 15.8 Å². The summed E-state index contributed by atoms with van der Waals surface area (Å²) < 4.78 is 4.45. The van der Waals surface area contributed by atoms with Crippen molar-refractivity contribution in [1.82, 2.24) is 0 Å². The number of thioether (sulfide) groups is 1. The molecule has 0 aliphatic carbocycles. The molecule has 0 bridgehead atoms. The Hall–Kier alpha value is -1.56. The molecule has 0 amide bonds. The Bertz CT molecular complexity index is 395. The number of esters is 1. The molecule has 0 aliphatic heterocycles. The summed E-state index contributed by atoms with van der Waals surface area (Å²) >= 11 is 0.858. The lowest BCUT2D eigenvalue weighted by Crippen LogP contribution is -2.40. The summed E-state index contributed by atoms with van der Waals surface area (Å²) in [6.07, 6.45) is 0. The number of nitrogens with zero attached hydrogens (tertiary/aromatic N) is 1. The summed E-state index contributed by atoms with van der Waals surface area (Å²) in [5, 5.41) is 10.9. The number of carbonyl (C=O) groups is 1. The second-order valence-electron chi connectivity index (χ2n) is 3.15. The first-order valence-electron chi connectivity index (χ1n) is 4.47. The third-order valence-electron chi connectivity index (χ3n) is 1.97. The van der Waals surface area contributed by atoms with Crippen molar-refractivity contribution in [3.05, 3.63) is 40.4 Å². The summed E-state index contributed by atoms with van der Waals surface area (Å²) in [6, 6.07) is 8.70. The van der Waals surface area contributed by atoms with Gasteiger partial charge in [-0.25, -0.2) is 4.79 Å². The summed E-state index contributed by atoms with van der Waals surface area (Å²) in [5.41, 5.74) is 0. The first kappa shape index (κ1) is 12.5. The van der Waals surface area contributed by atoms with Crippen LogP contribution in [-0.2, 0) is 9.53 Å². The van der Waals surface area contributed by atoms with Gasteiger partial charge in [0.15, 0.2) is 0 Å². The topological polar surface area (TPSA) is 69.4 Å². The molecule has 0 radical (unpaired) electrons. The molecule has 0 fully saturated rings. The average Bonchev–Trinajstić information content (AvgIpc) is 2.28. The molecule has 0 spiro atoms. The number of ether oxygens (including phenoxy) is 1. The largest absolute Gasteiger partial charge is 0.463 e. The number of hydrogen-bond donors (Lipinski definition) is 0. The van der Waals surface area contributed by atoms with E-state index in [-0.39, 0.29) is 0 Å². The fraction of sp³-hybridized carbons (Fsp3) is 0.300. The zero-order valence-electron chi connectivity index (χ0n) is 8.88. The monoisotopic (exact) mass is 241 g/mol. The van der Waals surface area contributed by atoms with Crippen LogP contribution in [0.15, 0.2) is 35.2 Å². The van der Waals surface area contributed by atoms with Crippen LogP contribution in [0.25, 0.3) is 0 Å². The van der Waals surface area contributed by atoms with Crippen molar-refractivity contribution >= 4 is 17.7 Å². The smallest absolute Gasteiger partial charge is 0.395 e. The van der Waals surface area contributed by atoms with Gasteiger partial charge in [-0.15, -0.1) is 0 Å². The highest BCUT2D eigenvalue weighted by Gasteiger charge is 2.48. The number of rotatable bonds is 4. The lowest BCUT2D eigenvalue weighted by Gasteiger charge is -2.16. The Morgan fingerprint density at radius 3 is 2.44 bits per heavy atom. The van der Waals surface area contributed by atoms with Crippen molar-refractivity contribution in [2.45, 2.75) is 16.7 Å². The van der Waals surface area contributed by atoms with Crippen molar-refractivity contribution in [2.24, 2.45) is 0 Å². The SMILES string of the molecule is COC(=O)C(C)(Sc1ccccc1)[N+](=O)[O-]. The maximum Gasteiger partial charge on any atom is 0.395 e. The van der Waals surface area contributed by atoms with Gasteiger partial charge in [0.2, 0.25) is 0 Å². The maximum absolute atomic E-state index is 11.4. The molecule has 1 aromatic rings. The Labute approximate surface area is 96.9 Å². The maximum atomic E-state index is 11.4. The molecule has 1 atom stereocenters. The highest BCUT2D eigenvalue weighted by Crippen LogP contribution is 2.33. The summed E-state index contributed by atoms with van der Waals surface area (Å²) in [5.74, 6) is -0.869. The molecular weight excluding hydrogens is 230 g/mol. The predicted molar refractivity (Wildman–Crippen MR) is 59.7 cm³/mol. The minimum atomic E-state index is -1.81. The van der Waals surface area contributed by atoms with Gasteiger partial charge in [-0.3, -0.25) is 10.1 Å². The quantitative estimate of drug-likeness (QED) is 0.265. The van der Waals surface area contributed by atoms with Crippen molar-refractivity contribution < 1.29 is 14.5 Å². The molecule has 0 saturated carbocycles. The van der Waals surface area contributed by atoms with E-state index in [9.17, 15) is 14.9 Å². The molecule has 5 nitrogen and oxygen atoms in total. The van der Waals surface area contributed by atoms with Gasteiger partial charge in [-0.05, 0) is 23.9 Å². The van der Waals surface area contributed by atoms with E-state index in [2.05, 4.69) is 4.74 Å². The molecule has 1 unspecified atom stereocenters. The van der Waals surface area contributed by atoms with E-state index in [0.29, 0.717) is 4.90 Å². The summed E-state index contributed by atoms with van der Waals surface area (Å²) in [6.45, 7) is 1.23. The molecule has 86 valence electrons. The standard InChI is InChI=1S/C10H11NO4S/c1-10(11(13)14,9(12)15-2)16-8-6-4-3-5-7-8/h3-7H,1-2H3. The molecular formula is C10H11NO4S. The van der Waals surface area contributed by atoms with Crippen LogP contribution in [0.5, 0.6) is 0 Å². The van der Waals surface area contributed by atoms with Crippen molar-refractivity contribution in [1.29, 1.82) is 0 Å². The number of nitro groups is 1. The van der Waals surface area contributed by atoms with Crippen LogP contribution in [0.3, 0.4) is 0 Å². The van der Waals surface area contributed by atoms with Gasteiger partial charge in [0.1, 0.15) is 0 Å². The summed E-state index contributed by atoms with van der Waals surface area (Å²) in [7, 11) is 1.13. The number of benzene rings is 1. The van der Waals surface area contributed by atoms with Gasteiger partial charge in [0.05, 0.1) is 7.11 Å². The van der Waals surface area contributed by atoms with Gasteiger partial charge < -0.3 is 4.74 Å². The van der Waals surface area contributed by atoms with E-state index in [4.69, 9.17) is 0 Å². The third kappa shape index (κ3) is 2.52.